The van der Waals surface area contributed by atoms with E-state index in [0.29, 0.717) is 28.7 Å². The van der Waals surface area contributed by atoms with Crippen LogP contribution in [0.25, 0.3) is 0 Å². The van der Waals surface area contributed by atoms with Gasteiger partial charge in [-0.1, -0.05) is 0 Å². The molecule has 0 spiro atoms. The highest BCUT2D eigenvalue weighted by Gasteiger charge is 2.13. The van der Waals surface area contributed by atoms with Crippen LogP contribution in [-0.4, -0.2) is 30.0 Å². The smallest absolute Gasteiger partial charge is 0.259 e. The van der Waals surface area contributed by atoms with Crippen LogP contribution in [0.2, 0.25) is 0 Å². The van der Waals surface area contributed by atoms with Gasteiger partial charge in [0.15, 0.2) is 0 Å². The molecule has 2 rings (SSSR count). The maximum Gasteiger partial charge on any atom is 0.259 e. The van der Waals surface area contributed by atoms with Gasteiger partial charge in [0.2, 0.25) is 5.95 Å². The van der Waals surface area contributed by atoms with Gasteiger partial charge in [0.25, 0.3) is 5.91 Å². The van der Waals surface area contributed by atoms with E-state index in [1.165, 1.54) is 0 Å². The highest BCUT2D eigenvalue weighted by Crippen LogP contribution is 2.16. The molecular formula is C13H16N4O2. The molecular weight excluding hydrogens is 244 g/mol. The quantitative estimate of drug-likeness (QED) is 0.914. The molecule has 0 bridgehead atoms. The van der Waals surface area contributed by atoms with Crippen LogP contribution in [-0.2, 0) is 0 Å². The Morgan fingerprint density at radius 2 is 1.89 bits per heavy atom. The summed E-state index contributed by atoms with van der Waals surface area (Å²) in [6.07, 6.45) is 3.14. The van der Waals surface area contributed by atoms with Crippen molar-refractivity contribution in [1.29, 1.82) is 0 Å². The average molecular weight is 260 g/mol. The number of aromatic nitrogens is 2. The minimum Gasteiger partial charge on any atom is -0.466 e. The third-order valence-electron chi connectivity index (χ3n) is 2.58. The molecule has 1 amide bonds. The minimum absolute atomic E-state index is 0.226. The van der Waals surface area contributed by atoms with Gasteiger partial charge >= 0.3 is 0 Å². The average Bonchev–Trinajstić information content (AvgIpc) is 2.69. The second-order valence-corrected chi connectivity index (χ2v) is 4.45. The van der Waals surface area contributed by atoms with E-state index >= 15 is 0 Å². The number of carbonyl (C=O) groups is 1. The number of carbonyl (C=O) groups excluding carboxylic acids is 1. The normalized spacial score (nSPS) is 10.3. The number of anilines is 2. The Morgan fingerprint density at radius 1 is 1.26 bits per heavy atom. The van der Waals surface area contributed by atoms with E-state index in [4.69, 9.17) is 4.42 Å². The van der Waals surface area contributed by atoms with Crippen molar-refractivity contribution >= 4 is 17.5 Å². The predicted octanol–water partition coefficient (Wildman–Crippen LogP) is 2.00. The number of amides is 1. The topological polar surface area (TPSA) is 71.3 Å². The van der Waals surface area contributed by atoms with Crippen LogP contribution in [0.4, 0.5) is 11.6 Å². The van der Waals surface area contributed by atoms with E-state index < -0.39 is 0 Å². The summed E-state index contributed by atoms with van der Waals surface area (Å²) in [5.41, 5.74) is 1.07. The Kier molecular flexibility index (Phi) is 3.50. The lowest BCUT2D eigenvalue weighted by molar-refractivity contribution is 0.102. The molecule has 6 nitrogen and oxygen atoms in total. The molecule has 0 aliphatic heterocycles. The minimum atomic E-state index is -0.226. The summed E-state index contributed by atoms with van der Waals surface area (Å²) in [6, 6.07) is 1.71. The van der Waals surface area contributed by atoms with Crippen molar-refractivity contribution in [3.8, 4) is 0 Å². The molecule has 1 N–H and O–H groups in total. The molecule has 0 atom stereocenters. The van der Waals surface area contributed by atoms with Gasteiger partial charge in [-0.05, 0) is 19.9 Å². The summed E-state index contributed by atoms with van der Waals surface area (Å²) in [5, 5.41) is 2.74. The zero-order valence-electron chi connectivity index (χ0n) is 11.4. The predicted molar refractivity (Wildman–Crippen MR) is 72.5 cm³/mol. The van der Waals surface area contributed by atoms with Gasteiger partial charge in [-0.2, -0.15) is 0 Å². The zero-order valence-corrected chi connectivity index (χ0v) is 11.4. The lowest BCUT2D eigenvalue weighted by atomic mass is 10.2. The first-order chi connectivity index (χ1) is 8.97. The number of rotatable bonds is 3. The lowest BCUT2D eigenvalue weighted by Crippen LogP contribution is -2.15. The van der Waals surface area contributed by atoms with Gasteiger partial charge in [-0.3, -0.25) is 4.79 Å². The van der Waals surface area contributed by atoms with Crippen molar-refractivity contribution in [2.24, 2.45) is 0 Å². The SMILES string of the molecule is Cc1cc(C(=O)Nc2cnc(N(C)C)nc2)c(C)o1. The number of furan rings is 1. The van der Waals surface area contributed by atoms with E-state index in [0.717, 1.165) is 0 Å². The molecule has 0 radical (unpaired) electrons. The van der Waals surface area contributed by atoms with Crippen molar-refractivity contribution in [1.82, 2.24) is 9.97 Å². The van der Waals surface area contributed by atoms with E-state index in [2.05, 4.69) is 15.3 Å². The van der Waals surface area contributed by atoms with Gasteiger partial charge in [0, 0.05) is 14.1 Å². The number of nitrogens with one attached hydrogen (secondary N) is 1. The maximum absolute atomic E-state index is 12.0. The molecule has 0 aliphatic carbocycles. The van der Waals surface area contributed by atoms with Crippen LogP contribution in [0.1, 0.15) is 21.9 Å². The first-order valence-electron chi connectivity index (χ1n) is 5.85. The first kappa shape index (κ1) is 13.1. The van der Waals surface area contributed by atoms with Crippen molar-refractivity contribution in [3.63, 3.8) is 0 Å². The van der Waals surface area contributed by atoms with E-state index in [9.17, 15) is 4.79 Å². The van der Waals surface area contributed by atoms with Crippen LogP contribution in [0.5, 0.6) is 0 Å². The highest BCUT2D eigenvalue weighted by atomic mass is 16.3. The molecule has 6 heteroatoms. The second-order valence-electron chi connectivity index (χ2n) is 4.45. The van der Waals surface area contributed by atoms with E-state index in [1.54, 1.807) is 37.2 Å². The number of nitrogens with zero attached hydrogens (tertiary/aromatic N) is 3. The summed E-state index contributed by atoms with van der Waals surface area (Å²) in [6.45, 7) is 3.56. The molecule has 0 aromatic carbocycles. The Morgan fingerprint density at radius 3 is 2.37 bits per heavy atom. The summed E-state index contributed by atoms with van der Waals surface area (Å²) in [4.78, 5) is 22.1. The van der Waals surface area contributed by atoms with Gasteiger partial charge in [0.05, 0.1) is 23.6 Å². The van der Waals surface area contributed by atoms with Gasteiger partial charge in [0.1, 0.15) is 11.5 Å². The third-order valence-corrected chi connectivity index (χ3v) is 2.58. The summed E-state index contributed by atoms with van der Waals surface area (Å²) < 4.78 is 5.33. The monoisotopic (exact) mass is 260 g/mol. The molecule has 2 aromatic rings. The molecule has 0 saturated heterocycles. The van der Waals surface area contributed by atoms with E-state index in [-0.39, 0.29) is 5.91 Å². The standard InChI is InChI=1S/C13H16N4O2/c1-8-5-11(9(2)19-8)12(18)16-10-6-14-13(15-7-10)17(3)4/h5-7H,1-4H3,(H,16,18). The number of hydrogen-bond donors (Lipinski definition) is 1. The number of aryl methyl sites for hydroxylation is 2. The molecule has 2 heterocycles. The van der Waals surface area contributed by atoms with Crippen LogP contribution < -0.4 is 10.2 Å². The number of hydrogen-bond acceptors (Lipinski definition) is 5. The second kappa shape index (κ2) is 5.09. The molecule has 19 heavy (non-hydrogen) atoms. The Labute approximate surface area is 111 Å². The lowest BCUT2D eigenvalue weighted by Gasteiger charge is -2.10. The Balaban J connectivity index is 2.13. The zero-order chi connectivity index (χ0) is 14.0. The summed E-state index contributed by atoms with van der Waals surface area (Å²) in [7, 11) is 3.70. The highest BCUT2D eigenvalue weighted by molar-refractivity contribution is 6.04. The summed E-state index contributed by atoms with van der Waals surface area (Å²) >= 11 is 0. The molecule has 0 aliphatic rings. The van der Waals surface area contributed by atoms with Crippen molar-refractivity contribution in [2.45, 2.75) is 13.8 Å². The third kappa shape index (κ3) is 2.90. The van der Waals surface area contributed by atoms with E-state index in [1.807, 2.05) is 14.1 Å². The fraction of sp³-hybridized carbons (Fsp3) is 0.308. The van der Waals surface area contributed by atoms with Crippen LogP contribution in [0.15, 0.2) is 22.9 Å². The maximum atomic E-state index is 12.0. The van der Waals surface area contributed by atoms with Gasteiger partial charge in [-0.15, -0.1) is 0 Å². The van der Waals surface area contributed by atoms with Crippen LogP contribution in [0, 0.1) is 13.8 Å². The summed E-state index contributed by atoms with van der Waals surface area (Å²) in [5.74, 6) is 1.67. The van der Waals surface area contributed by atoms with Crippen LogP contribution in [0.3, 0.4) is 0 Å². The van der Waals surface area contributed by atoms with Crippen molar-refractivity contribution < 1.29 is 9.21 Å². The fourth-order valence-corrected chi connectivity index (χ4v) is 1.67. The largest absolute Gasteiger partial charge is 0.466 e. The Bertz CT molecular complexity index is 587. The molecule has 0 unspecified atom stereocenters. The molecule has 100 valence electrons. The van der Waals surface area contributed by atoms with Crippen molar-refractivity contribution in [2.75, 3.05) is 24.3 Å². The molecule has 0 fully saturated rings. The van der Waals surface area contributed by atoms with Crippen LogP contribution >= 0.6 is 0 Å². The van der Waals surface area contributed by atoms with Gasteiger partial charge in [-0.25, -0.2) is 9.97 Å². The first-order valence-corrected chi connectivity index (χ1v) is 5.85. The Hall–Kier alpha value is -2.37. The van der Waals surface area contributed by atoms with Gasteiger partial charge < -0.3 is 14.6 Å². The van der Waals surface area contributed by atoms with Crippen molar-refractivity contribution in [3.05, 3.63) is 35.5 Å². The molecule has 2 aromatic heterocycles. The molecule has 0 saturated carbocycles. The fourth-order valence-electron chi connectivity index (χ4n) is 1.67.